The van der Waals surface area contributed by atoms with Gasteiger partial charge >= 0.3 is 5.97 Å². The van der Waals surface area contributed by atoms with E-state index in [1.165, 1.54) is 0 Å². The summed E-state index contributed by atoms with van der Waals surface area (Å²) in [7, 11) is 0. The average Bonchev–Trinajstić information content (AvgIpc) is 2.83. The van der Waals surface area contributed by atoms with Gasteiger partial charge in [0.1, 0.15) is 5.41 Å². The molecule has 4 heteroatoms. The highest BCUT2D eigenvalue weighted by molar-refractivity contribution is 5.84. The molecule has 0 aliphatic heterocycles. The zero-order valence-electron chi connectivity index (χ0n) is 7.81. The first-order chi connectivity index (χ1) is 6.70. The molecular formula is C10H12N2O2. The van der Waals surface area contributed by atoms with Gasteiger partial charge in [-0.05, 0) is 18.9 Å². The lowest BCUT2D eigenvalue weighted by Gasteiger charge is -2.11. The van der Waals surface area contributed by atoms with Crippen molar-refractivity contribution in [3.8, 4) is 0 Å². The molecule has 1 heterocycles. The predicted molar refractivity (Wildman–Crippen MR) is 51.0 cm³/mol. The molecule has 1 aliphatic carbocycles. The molecule has 0 aromatic carbocycles. The first-order valence-electron chi connectivity index (χ1n) is 4.57. The van der Waals surface area contributed by atoms with Crippen LogP contribution in [0.1, 0.15) is 18.5 Å². The molecule has 0 radical (unpaired) electrons. The second kappa shape index (κ2) is 2.97. The number of allylic oxidation sites excluding steroid dienone is 1. The van der Waals surface area contributed by atoms with Gasteiger partial charge in [-0.2, -0.15) is 5.10 Å². The van der Waals surface area contributed by atoms with Crippen molar-refractivity contribution in [3.63, 3.8) is 0 Å². The molecule has 1 N–H and O–H groups in total. The van der Waals surface area contributed by atoms with Crippen LogP contribution in [-0.4, -0.2) is 20.9 Å². The molecule has 1 saturated carbocycles. The standard InChI is InChI=1S/C10H12N2O2/c1-2-7-12-8(3-6-11-12)10(4-5-10)9(13)14/h2-3,6H,1,4-5,7H2,(H,13,14). The van der Waals surface area contributed by atoms with Crippen molar-refractivity contribution >= 4 is 5.97 Å². The third kappa shape index (κ3) is 1.14. The van der Waals surface area contributed by atoms with Gasteiger partial charge in [0.15, 0.2) is 0 Å². The molecule has 4 nitrogen and oxygen atoms in total. The molecular weight excluding hydrogens is 180 g/mol. The third-order valence-electron chi connectivity index (χ3n) is 2.67. The Bertz CT molecular complexity index is 377. The predicted octanol–water partition coefficient (Wildman–Crippen LogP) is 1.19. The number of carboxylic acids is 1. The Morgan fingerprint density at radius 2 is 2.50 bits per heavy atom. The molecule has 74 valence electrons. The van der Waals surface area contributed by atoms with Gasteiger partial charge in [0.05, 0.1) is 12.2 Å². The van der Waals surface area contributed by atoms with Crippen LogP contribution in [0.25, 0.3) is 0 Å². The van der Waals surface area contributed by atoms with Crippen LogP contribution in [0.4, 0.5) is 0 Å². The summed E-state index contributed by atoms with van der Waals surface area (Å²) in [5, 5.41) is 13.2. The zero-order valence-corrected chi connectivity index (χ0v) is 7.81. The number of hydrogen-bond acceptors (Lipinski definition) is 2. The van der Waals surface area contributed by atoms with Crippen LogP contribution < -0.4 is 0 Å². The molecule has 14 heavy (non-hydrogen) atoms. The number of hydrogen-bond donors (Lipinski definition) is 1. The van der Waals surface area contributed by atoms with Gasteiger partial charge in [0, 0.05) is 6.20 Å². The number of carbonyl (C=O) groups is 1. The number of carboxylic acid groups (broad SMARTS) is 1. The van der Waals surface area contributed by atoms with Crippen LogP contribution in [0, 0.1) is 0 Å². The van der Waals surface area contributed by atoms with E-state index in [-0.39, 0.29) is 0 Å². The van der Waals surface area contributed by atoms with Gasteiger partial charge in [-0.15, -0.1) is 6.58 Å². The van der Waals surface area contributed by atoms with Gasteiger partial charge in [-0.1, -0.05) is 6.08 Å². The average molecular weight is 192 g/mol. The van der Waals surface area contributed by atoms with Crippen molar-refractivity contribution in [2.24, 2.45) is 0 Å². The first kappa shape index (κ1) is 8.99. The molecule has 0 saturated heterocycles. The minimum absolute atomic E-state index is 0.567. The van der Waals surface area contributed by atoms with E-state index in [2.05, 4.69) is 11.7 Å². The quantitative estimate of drug-likeness (QED) is 0.729. The van der Waals surface area contributed by atoms with E-state index in [9.17, 15) is 4.79 Å². The minimum atomic E-state index is -0.747. The van der Waals surface area contributed by atoms with Gasteiger partial charge in [-0.25, -0.2) is 0 Å². The van der Waals surface area contributed by atoms with Crippen molar-refractivity contribution in [2.45, 2.75) is 24.8 Å². The minimum Gasteiger partial charge on any atom is -0.481 e. The lowest BCUT2D eigenvalue weighted by molar-refractivity contribution is -0.140. The summed E-state index contributed by atoms with van der Waals surface area (Å²) < 4.78 is 1.70. The highest BCUT2D eigenvalue weighted by Gasteiger charge is 2.53. The fourth-order valence-electron chi connectivity index (χ4n) is 1.71. The Morgan fingerprint density at radius 1 is 1.79 bits per heavy atom. The smallest absolute Gasteiger partial charge is 0.315 e. The number of rotatable bonds is 4. The SMILES string of the molecule is C=CCn1nccc1C1(C(=O)O)CC1. The molecule has 0 amide bonds. The van der Waals surface area contributed by atoms with E-state index in [1.54, 1.807) is 23.0 Å². The Labute approximate surface area is 81.9 Å². The molecule has 1 aromatic heterocycles. The maximum atomic E-state index is 11.1. The summed E-state index contributed by atoms with van der Waals surface area (Å²) in [6.45, 7) is 4.18. The lowest BCUT2D eigenvalue weighted by atomic mass is 10.0. The topological polar surface area (TPSA) is 55.1 Å². The van der Waals surface area contributed by atoms with Gasteiger partial charge < -0.3 is 5.11 Å². The summed E-state index contributed by atoms with van der Waals surface area (Å²) in [6, 6.07) is 1.78. The highest BCUT2D eigenvalue weighted by Crippen LogP contribution is 2.48. The summed E-state index contributed by atoms with van der Waals surface area (Å²) in [4.78, 5) is 11.1. The third-order valence-corrected chi connectivity index (χ3v) is 2.67. The van der Waals surface area contributed by atoms with Gasteiger partial charge in [-0.3, -0.25) is 9.48 Å². The van der Waals surface area contributed by atoms with Crippen LogP contribution in [0.5, 0.6) is 0 Å². The van der Waals surface area contributed by atoms with Crippen LogP contribution >= 0.6 is 0 Å². The summed E-state index contributed by atoms with van der Waals surface area (Å²) in [5.41, 5.74) is 0.129. The Morgan fingerprint density at radius 3 is 3.00 bits per heavy atom. The molecule has 0 atom stereocenters. The molecule has 0 spiro atoms. The van der Waals surface area contributed by atoms with E-state index in [0.717, 1.165) is 5.69 Å². The number of aromatic nitrogens is 2. The molecule has 1 aliphatic rings. The first-order valence-corrected chi connectivity index (χ1v) is 4.57. The van der Waals surface area contributed by atoms with Crippen LogP contribution in [0.3, 0.4) is 0 Å². The molecule has 2 rings (SSSR count). The highest BCUT2D eigenvalue weighted by atomic mass is 16.4. The molecule has 0 bridgehead atoms. The van der Waals surface area contributed by atoms with E-state index < -0.39 is 11.4 Å². The second-order valence-electron chi connectivity index (χ2n) is 3.57. The van der Waals surface area contributed by atoms with Crippen LogP contribution in [-0.2, 0) is 16.8 Å². The Hall–Kier alpha value is -1.58. The molecule has 1 aromatic rings. The Balaban J connectivity index is 2.36. The van der Waals surface area contributed by atoms with Crippen LogP contribution in [0.2, 0.25) is 0 Å². The lowest BCUT2D eigenvalue weighted by Crippen LogP contribution is -2.23. The van der Waals surface area contributed by atoms with Crippen molar-refractivity contribution in [3.05, 3.63) is 30.6 Å². The number of nitrogens with zero attached hydrogens (tertiary/aromatic N) is 2. The Kier molecular flexibility index (Phi) is 1.91. The molecule has 1 fully saturated rings. The summed E-state index contributed by atoms with van der Waals surface area (Å²) in [6.07, 6.45) is 4.78. The van der Waals surface area contributed by atoms with Crippen molar-refractivity contribution in [2.75, 3.05) is 0 Å². The second-order valence-corrected chi connectivity index (χ2v) is 3.57. The molecule has 0 unspecified atom stereocenters. The summed E-state index contributed by atoms with van der Waals surface area (Å²) in [5.74, 6) is -0.747. The maximum Gasteiger partial charge on any atom is 0.315 e. The van der Waals surface area contributed by atoms with E-state index >= 15 is 0 Å². The van der Waals surface area contributed by atoms with E-state index in [1.807, 2.05) is 0 Å². The van der Waals surface area contributed by atoms with Gasteiger partial charge in [0.2, 0.25) is 0 Å². The largest absolute Gasteiger partial charge is 0.481 e. The fourth-order valence-corrected chi connectivity index (χ4v) is 1.71. The zero-order chi connectivity index (χ0) is 10.2. The van der Waals surface area contributed by atoms with Crippen molar-refractivity contribution in [1.29, 1.82) is 0 Å². The van der Waals surface area contributed by atoms with Crippen molar-refractivity contribution < 1.29 is 9.90 Å². The normalized spacial score (nSPS) is 17.7. The van der Waals surface area contributed by atoms with E-state index in [4.69, 9.17) is 5.11 Å². The van der Waals surface area contributed by atoms with Crippen LogP contribution in [0.15, 0.2) is 24.9 Å². The summed E-state index contributed by atoms with van der Waals surface area (Å²) >= 11 is 0. The monoisotopic (exact) mass is 192 g/mol. The van der Waals surface area contributed by atoms with E-state index in [0.29, 0.717) is 19.4 Å². The maximum absolute atomic E-state index is 11.1. The van der Waals surface area contributed by atoms with Crippen molar-refractivity contribution in [1.82, 2.24) is 9.78 Å². The number of aliphatic carboxylic acids is 1. The van der Waals surface area contributed by atoms with Gasteiger partial charge in [0.25, 0.3) is 0 Å². The fraction of sp³-hybridized carbons (Fsp3) is 0.400.